The van der Waals surface area contributed by atoms with E-state index >= 15 is 0 Å². The van der Waals surface area contributed by atoms with Crippen molar-refractivity contribution in [2.45, 2.75) is 128 Å². The van der Waals surface area contributed by atoms with Gasteiger partial charge >= 0.3 is 0 Å². The zero-order valence-electron chi connectivity index (χ0n) is 15.2. The fourth-order valence-electron chi connectivity index (χ4n) is 3.92. The van der Waals surface area contributed by atoms with Crippen molar-refractivity contribution < 1.29 is 0 Å². The Kier molecular flexibility index (Phi) is 12.7. The predicted octanol–water partition coefficient (Wildman–Crippen LogP) is 7.49. The highest BCUT2D eigenvalue weighted by Crippen LogP contribution is 2.27. The third kappa shape index (κ3) is 11.4. The van der Waals surface area contributed by atoms with E-state index in [0.29, 0.717) is 0 Å². The summed E-state index contributed by atoms with van der Waals surface area (Å²) in [5.41, 5.74) is 1.14. The summed E-state index contributed by atoms with van der Waals surface area (Å²) in [5.74, 6) is 0. The van der Waals surface area contributed by atoms with Crippen molar-refractivity contribution in [3.8, 4) is 0 Å². The van der Waals surface area contributed by atoms with E-state index in [-0.39, 0.29) is 0 Å². The molecule has 1 aliphatic carbocycles. The molecule has 0 saturated heterocycles. The van der Waals surface area contributed by atoms with Gasteiger partial charge in [0.2, 0.25) is 0 Å². The lowest BCUT2D eigenvalue weighted by atomic mass is 10.0. The molecule has 0 radical (unpaired) electrons. The smallest absolute Gasteiger partial charge is 0.0337 e. The first kappa shape index (κ1) is 19.3. The van der Waals surface area contributed by atoms with E-state index in [1.54, 1.807) is 12.8 Å². The van der Waals surface area contributed by atoms with Crippen LogP contribution in [0.25, 0.3) is 0 Å². The maximum absolute atomic E-state index is 2.58. The van der Waals surface area contributed by atoms with Gasteiger partial charge in [0.15, 0.2) is 0 Å². The minimum atomic E-state index is -0.411. The van der Waals surface area contributed by atoms with Crippen LogP contribution in [0, 0.1) is 0 Å². The highest BCUT2D eigenvalue weighted by atomic mass is 28.3. The van der Waals surface area contributed by atoms with Gasteiger partial charge in [0.05, 0.1) is 0 Å². The van der Waals surface area contributed by atoms with Gasteiger partial charge in [0, 0.05) is 8.80 Å². The van der Waals surface area contributed by atoms with Gasteiger partial charge in [-0.3, -0.25) is 0 Å². The largest absolute Gasteiger partial charge is 0.0720 e. The van der Waals surface area contributed by atoms with E-state index < -0.39 is 8.80 Å². The van der Waals surface area contributed by atoms with Crippen molar-refractivity contribution in [3.63, 3.8) is 0 Å². The maximum atomic E-state index is 2.58. The fraction of sp³-hybridized carbons (Fsp3) is 1.00. The highest BCUT2D eigenvalue weighted by molar-refractivity contribution is 6.57. The van der Waals surface area contributed by atoms with Gasteiger partial charge in [-0.2, -0.15) is 0 Å². The second kappa shape index (κ2) is 13.9. The Morgan fingerprint density at radius 2 is 0.667 bits per heavy atom. The van der Waals surface area contributed by atoms with Gasteiger partial charge in [-0.1, -0.05) is 122 Å². The Morgan fingerprint density at radius 3 is 0.905 bits per heavy atom. The van der Waals surface area contributed by atoms with Crippen LogP contribution in [0.5, 0.6) is 0 Å². The van der Waals surface area contributed by atoms with Crippen molar-refractivity contribution >= 4 is 8.80 Å². The summed E-state index contributed by atoms with van der Waals surface area (Å²) in [5, 5.41) is 0. The molecule has 0 aromatic rings. The molecule has 0 spiro atoms. The van der Waals surface area contributed by atoms with E-state index in [9.17, 15) is 0 Å². The third-order valence-electron chi connectivity index (χ3n) is 5.59. The molecule has 1 rings (SSSR count). The van der Waals surface area contributed by atoms with E-state index in [2.05, 4.69) is 13.1 Å². The minimum absolute atomic E-state index is 0.411. The Labute approximate surface area is 137 Å². The molecule has 0 aromatic carbocycles. The van der Waals surface area contributed by atoms with Crippen LogP contribution in [0.2, 0.25) is 18.6 Å². The first-order chi connectivity index (χ1) is 10.3. The zero-order valence-corrected chi connectivity index (χ0v) is 16.3. The quantitative estimate of drug-likeness (QED) is 0.440. The molecule has 0 unspecified atom stereocenters. The van der Waals surface area contributed by atoms with Crippen LogP contribution in [0.1, 0.15) is 109 Å². The molecule has 0 nitrogen and oxygen atoms in total. The van der Waals surface area contributed by atoms with Crippen molar-refractivity contribution in [3.05, 3.63) is 0 Å². The molecule has 21 heavy (non-hydrogen) atoms. The molecule has 1 aliphatic rings. The van der Waals surface area contributed by atoms with Crippen molar-refractivity contribution in [1.82, 2.24) is 0 Å². The molecule has 0 atom stereocenters. The fourth-order valence-corrected chi connectivity index (χ4v) is 5.73. The van der Waals surface area contributed by atoms with E-state index in [4.69, 9.17) is 0 Å². The molecule has 1 saturated carbocycles. The second-order valence-electron chi connectivity index (χ2n) is 7.88. The molecule has 1 fully saturated rings. The van der Waals surface area contributed by atoms with Gasteiger partial charge < -0.3 is 0 Å². The summed E-state index contributed by atoms with van der Waals surface area (Å²) in [6.45, 7) is 5.16. The van der Waals surface area contributed by atoms with Crippen LogP contribution in [-0.4, -0.2) is 8.80 Å². The number of hydrogen-bond acceptors (Lipinski definition) is 0. The van der Waals surface area contributed by atoms with Crippen LogP contribution in [0.3, 0.4) is 0 Å². The summed E-state index contributed by atoms with van der Waals surface area (Å²) in [4.78, 5) is 0. The summed E-state index contributed by atoms with van der Waals surface area (Å²) in [6.07, 6.45) is 25.7. The van der Waals surface area contributed by atoms with Crippen LogP contribution >= 0.6 is 0 Å². The van der Waals surface area contributed by atoms with E-state index in [0.717, 1.165) is 5.54 Å². The van der Waals surface area contributed by atoms with E-state index in [1.165, 1.54) is 96.3 Å². The maximum Gasteiger partial charge on any atom is 0.0337 e. The van der Waals surface area contributed by atoms with Crippen molar-refractivity contribution in [2.75, 3.05) is 0 Å². The second-order valence-corrected chi connectivity index (χ2v) is 11.3. The normalized spacial score (nSPS) is 23.6. The molecule has 0 N–H and O–H groups in total. The lowest BCUT2D eigenvalue weighted by molar-refractivity contribution is 0.502. The topological polar surface area (TPSA) is 0 Å². The lowest BCUT2D eigenvalue weighted by Gasteiger charge is -2.20. The summed E-state index contributed by atoms with van der Waals surface area (Å²) < 4.78 is 0. The summed E-state index contributed by atoms with van der Waals surface area (Å²) >= 11 is 0. The Hall–Kier alpha value is 0.217. The molecule has 126 valence electrons. The molecule has 1 heteroatoms. The molecule has 0 aromatic heterocycles. The van der Waals surface area contributed by atoms with Gasteiger partial charge in [0.1, 0.15) is 0 Å². The minimum Gasteiger partial charge on any atom is -0.0720 e. The Bertz CT molecular complexity index is 194. The van der Waals surface area contributed by atoms with Gasteiger partial charge in [0.25, 0.3) is 0 Å². The lowest BCUT2D eigenvalue weighted by Crippen LogP contribution is -2.12. The van der Waals surface area contributed by atoms with Crippen LogP contribution in [-0.2, 0) is 0 Å². The first-order valence-electron chi connectivity index (χ1n) is 10.3. The summed E-state index contributed by atoms with van der Waals surface area (Å²) in [6, 6.07) is 0. The number of hydrogen-bond donors (Lipinski definition) is 0. The molecular formula is C20H42Si. The Balaban J connectivity index is 2.21. The first-order valence-corrected chi connectivity index (χ1v) is 13.3. The van der Waals surface area contributed by atoms with Crippen LogP contribution in [0.15, 0.2) is 0 Å². The highest BCUT2D eigenvalue weighted by Gasteiger charge is 2.13. The monoisotopic (exact) mass is 310 g/mol. The van der Waals surface area contributed by atoms with Crippen LogP contribution < -0.4 is 0 Å². The van der Waals surface area contributed by atoms with Gasteiger partial charge in [-0.15, -0.1) is 0 Å². The summed E-state index contributed by atoms with van der Waals surface area (Å²) in [7, 11) is -0.411. The standard InChI is InChI=1S/C20H42Si/c1-21(2)20-18-16-14-12-10-8-6-4-3-5-7-9-11-13-15-17-19-20/h20-21H,3-19H2,1-2H3. The molecular weight excluding hydrogens is 268 g/mol. The zero-order chi connectivity index (χ0) is 15.2. The third-order valence-corrected chi connectivity index (χ3v) is 8.14. The van der Waals surface area contributed by atoms with Crippen molar-refractivity contribution in [2.24, 2.45) is 0 Å². The number of rotatable bonds is 1. The molecule has 0 aliphatic heterocycles. The SMILES string of the molecule is C[SiH](C)C1CCCCCCCCCCCCCCCCC1. The average molecular weight is 311 g/mol. The van der Waals surface area contributed by atoms with Gasteiger partial charge in [-0.25, -0.2) is 0 Å². The molecule has 0 amide bonds. The van der Waals surface area contributed by atoms with Crippen molar-refractivity contribution in [1.29, 1.82) is 0 Å². The van der Waals surface area contributed by atoms with E-state index in [1.807, 2.05) is 0 Å². The molecule has 0 heterocycles. The Morgan fingerprint density at radius 1 is 0.429 bits per heavy atom. The average Bonchev–Trinajstić information content (AvgIpc) is 2.47. The molecule has 0 bridgehead atoms. The predicted molar refractivity (Wildman–Crippen MR) is 101 cm³/mol. The van der Waals surface area contributed by atoms with Gasteiger partial charge in [-0.05, 0) is 5.54 Å². The van der Waals surface area contributed by atoms with Crippen LogP contribution in [0.4, 0.5) is 0 Å².